The van der Waals surface area contributed by atoms with Crippen LogP contribution in [0.25, 0.3) is 10.4 Å². The Morgan fingerprint density at radius 2 is 2.40 bits per heavy atom. The van der Waals surface area contributed by atoms with E-state index in [1.165, 1.54) is 0 Å². The van der Waals surface area contributed by atoms with Gasteiger partial charge in [-0.2, -0.15) is 0 Å². The van der Waals surface area contributed by atoms with E-state index < -0.39 is 0 Å². The molecule has 0 aromatic heterocycles. The SMILES string of the molecule is CC1CC2(CCO1)CCC(CN=[N+]=[N-])O2. The van der Waals surface area contributed by atoms with Crippen molar-refractivity contribution in [3.8, 4) is 0 Å². The van der Waals surface area contributed by atoms with Gasteiger partial charge in [0.2, 0.25) is 0 Å². The van der Waals surface area contributed by atoms with Gasteiger partial charge in [0.05, 0.1) is 24.4 Å². The summed E-state index contributed by atoms with van der Waals surface area (Å²) in [4.78, 5) is 2.77. The summed E-state index contributed by atoms with van der Waals surface area (Å²) < 4.78 is 11.5. The van der Waals surface area contributed by atoms with Crippen LogP contribution in [0.4, 0.5) is 0 Å². The Morgan fingerprint density at radius 1 is 1.53 bits per heavy atom. The molecule has 2 fully saturated rings. The van der Waals surface area contributed by atoms with E-state index in [1.54, 1.807) is 0 Å². The first-order chi connectivity index (χ1) is 7.24. The van der Waals surface area contributed by atoms with Crippen LogP contribution >= 0.6 is 0 Å². The highest BCUT2D eigenvalue weighted by atomic mass is 16.5. The van der Waals surface area contributed by atoms with Crippen LogP contribution in [-0.4, -0.2) is 31.0 Å². The second-order valence-corrected chi connectivity index (χ2v) is 4.51. The molecule has 3 unspecified atom stereocenters. The average molecular weight is 211 g/mol. The van der Waals surface area contributed by atoms with E-state index in [1.807, 2.05) is 0 Å². The third-order valence-electron chi connectivity index (χ3n) is 3.31. The fraction of sp³-hybridized carbons (Fsp3) is 1.00. The standard InChI is InChI=1S/C10H17N3O2/c1-8-6-10(4-5-14-8)3-2-9(15-10)7-12-13-11/h8-9H,2-7H2,1H3. The highest BCUT2D eigenvalue weighted by Gasteiger charge is 2.42. The van der Waals surface area contributed by atoms with Gasteiger partial charge < -0.3 is 9.47 Å². The summed E-state index contributed by atoms with van der Waals surface area (Å²) in [5.74, 6) is 0. The van der Waals surface area contributed by atoms with Gasteiger partial charge in [-0.1, -0.05) is 5.11 Å². The summed E-state index contributed by atoms with van der Waals surface area (Å²) in [6.45, 7) is 3.34. The summed E-state index contributed by atoms with van der Waals surface area (Å²) in [7, 11) is 0. The van der Waals surface area contributed by atoms with Gasteiger partial charge in [0.1, 0.15) is 0 Å². The number of ether oxygens (including phenoxy) is 2. The van der Waals surface area contributed by atoms with Crippen LogP contribution in [0.5, 0.6) is 0 Å². The lowest BCUT2D eigenvalue weighted by atomic mass is 9.88. The van der Waals surface area contributed by atoms with E-state index in [9.17, 15) is 0 Å². The largest absolute Gasteiger partial charge is 0.378 e. The maximum absolute atomic E-state index is 8.25. The lowest BCUT2D eigenvalue weighted by Gasteiger charge is -2.36. The molecule has 5 heteroatoms. The summed E-state index contributed by atoms with van der Waals surface area (Å²) in [6, 6.07) is 0. The van der Waals surface area contributed by atoms with Crippen LogP contribution in [0.3, 0.4) is 0 Å². The van der Waals surface area contributed by atoms with Crippen molar-refractivity contribution in [2.45, 2.75) is 50.4 Å². The van der Waals surface area contributed by atoms with Crippen LogP contribution in [0, 0.1) is 0 Å². The minimum atomic E-state index is 0.00725. The first-order valence-electron chi connectivity index (χ1n) is 5.54. The number of hydrogen-bond acceptors (Lipinski definition) is 3. The third kappa shape index (κ3) is 2.43. The molecular formula is C10H17N3O2. The molecule has 1 spiro atoms. The molecule has 0 aromatic rings. The van der Waals surface area contributed by atoms with Crippen molar-refractivity contribution in [2.75, 3.05) is 13.2 Å². The molecule has 0 aliphatic carbocycles. The predicted molar refractivity (Wildman–Crippen MR) is 55.5 cm³/mol. The molecule has 2 heterocycles. The molecule has 15 heavy (non-hydrogen) atoms. The molecule has 0 amide bonds. The van der Waals surface area contributed by atoms with E-state index >= 15 is 0 Å². The topological polar surface area (TPSA) is 67.2 Å². The maximum atomic E-state index is 8.25. The first-order valence-corrected chi connectivity index (χ1v) is 5.54. The summed E-state index contributed by atoms with van der Waals surface area (Å²) in [5, 5.41) is 3.58. The van der Waals surface area contributed by atoms with E-state index in [4.69, 9.17) is 15.0 Å². The Balaban J connectivity index is 1.92. The molecule has 0 saturated carbocycles. The Kier molecular flexibility index (Phi) is 3.14. The van der Waals surface area contributed by atoms with Crippen LogP contribution in [0.1, 0.15) is 32.6 Å². The van der Waals surface area contributed by atoms with Crippen molar-refractivity contribution in [1.29, 1.82) is 0 Å². The Hall–Kier alpha value is -0.770. The molecule has 0 bridgehead atoms. The van der Waals surface area contributed by atoms with Crippen LogP contribution in [0.15, 0.2) is 5.11 Å². The van der Waals surface area contributed by atoms with Crippen molar-refractivity contribution in [3.05, 3.63) is 10.4 Å². The van der Waals surface area contributed by atoms with Crippen molar-refractivity contribution >= 4 is 0 Å². The summed E-state index contributed by atoms with van der Waals surface area (Å²) in [6.07, 6.45) is 4.44. The number of azide groups is 1. The number of hydrogen-bond donors (Lipinski definition) is 0. The van der Waals surface area contributed by atoms with E-state index in [2.05, 4.69) is 16.9 Å². The molecule has 0 aromatic carbocycles. The zero-order valence-corrected chi connectivity index (χ0v) is 9.06. The molecule has 2 saturated heterocycles. The Labute approximate surface area is 89.4 Å². The highest BCUT2D eigenvalue weighted by Crippen LogP contribution is 2.40. The van der Waals surface area contributed by atoms with Gasteiger partial charge in [0.25, 0.3) is 0 Å². The number of rotatable bonds is 2. The summed E-state index contributed by atoms with van der Waals surface area (Å²) >= 11 is 0. The molecule has 3 atom stereocenters. The molecule has 2 rings (SSSR count). The van der Waals surface area contributed by atoms with Crippen molar-refractivity contribution in [1.82, 2.24) is 0 Å². The van der Waals surface area contributed by atoms with Crippen molar-refractivity contribution in [3.63, 3.8) is 0 Å². The second kappa shape index (κ2) is 4.39. The van der Waals surface area contributed by atoms with Gasteiger partial charge in [0.15, 0.2) is 0 Å². The molecule has 2 aliphatic rings. The van der Waals surface area contributed by atoms with Gasteiger partial charge >= 0.3 is 0 Å². The molecule has 0 N–H and O–H groups in total. The van der Waals surface area contributed by atoms with Gasteiger partial charge in [-0.05, 0) is 31.7 Å². The lowest BCUT2D eigenvalue weighted by molar-refractivity contribution is -0.125. The smallest absolute Gasteiger partial charge is 0.0733 e. The molecular weight excluding hydrogens is 194 g/mol. The third-order valence-corrected chi connectivity index (χ3v) is 3.31. The van der Waals surface area contributed by atoms with Crippen molar-refractivity contribution in [2.24, 2.45) is 5.11 Å². The van der Waals surface area contributed by atoms with Gasteiger partial charge in [-0.25, -0.2) is 0 Å². The summed E-state index contributed by atoms with van der Waals surface area (Å²) in [5.41, 5.74) is 8.26. The van der Waals surface area contributed by atoms with Crippen molar-refractivity contribution < 1.29 is 9.47 Å². The maximum Gasteiger partial charge on any atom is 0.0733 e. The minimum Gasteiger partial charge on any atom is -0.378 e. The lowest BCUT2D eigenvalue weighted by Crippen LogP contribution is -2.40. The zero-order valence-electron chi connectivity index (χ0n) is 9.06. The average Bonchev–Trinajstić information content (AvgIpc) is 2.58. The molecule has 0 radical (unpaired) electrons. The second-order valence-electron chi connectivity index (χ2n) is 4.51. The molecule has 84 valence electrons. The van der Waals surface area contributed by atoms with Gasteiger partial charge in [-0.3, -0.25) is 0 Å². The van der Waals surface area contributed by atoms with Crippen LogP contribution in [-0.2, 0) is 9.47 Å². The predicted octanol–water partition coefficient (Wildman–Crippen LogP) is 2.41. The fourth-order valence-electron chi connectivity index (χ4n) is 2.62. The zero-order chi connectivity index (χ0) is 10.7. The quantitative estimate of drug-likeness (QED) is 0.400. The minimum absolute atomic E-state index is 0.00725. The Morgan fingerprint density at radius 3 is 3.13 bits per heavy atom. The van der Waals surface area contributed by atoms with E-state index in [-0.39, 0.29) is 17.8 Å². The number of nitrogens with zero attached hydrogens (tertiary/aromatic N) is 3. The van der Waals surface area contributed by atoms with Gasteiger partial charge in [-0.15, -0.1) is 0 Å². The van der Waals surface area contributed by atoms with Gasteiger partial charge in [0, 0.05) is 17.9 Å². The van der Waals surface area contributed by atoms with E-state index in [0.717, 1.165) is 32.3 Å². The van der Waals surface area contributed by atoms with Crippen LogP contribution < -0.4 is 0 Å². The van der Waals surface area contributed by atoms with Crippen LogP contribution in [0.2, 0.25) is 0 Å². The van der Waals surface area contributed by atoms with E-state index in [0.29, 0.717) is 6.54 Å². The monoisotopic (exact) mass is 211 g/mol. The molecule has 5 nitrogen and oxygen atoms in total. The highest BCUT2D eigenvalue weighted by molar-refractivity contribution is 4.93. The molecule has 2 aliphatic heterocycles. The first kappa shape index (κ1) is 10.7. The fourth-order valence-corrected chi connectivity index (χ4v) is 2.62. The Bertz CT molecular complexity index is 278. The normalized spacial score (nSPS) is 40.3.